The van der Waals surface area contributed by atoms with E-state index >= 15 is 0 Å². The minimum atomic E-state index is -2.22. The van der Waals surface area contributed by atoms with E-state index in [9.17, 15) is 9.18 Å². The lowest BCUT2D eigenvalue weighted by atomic mass is 9.87. The molecule has 0 aromatic carbocycles. The predicted octanol–water partition coefficient (Wildman–Crippen LogP) is 0.561. The van der Waals surface area contributed by atoms with Gasteiger partial charge in [-0.2, -0.15) is 0 Å². The quantitative estimate of drug-likeness (QED) is 0.748. The van der Waals surface area contributed by atoms with Crippen molar-refractivity contribution < 1.29 is 14.3 Å². The van der Waals surface area contributed by atoms with Crippen molar-refractivity contribution in [2.24, 2.45) is 0 Å². The van der Waals surface area contributed by atoms with Crippen LogP contribution >= 0.6 is 0 Å². The van der Waals surface area contributed by atoms with Crippen LogP contribution in [0.3, 0.4) is 0 Å². The van der Waals surface area contributed by atoms with Crippen LogP contribution in [0, 0.1) is 0 Å². The molecule has 0 saturated carbocycles. The Bertz CT molecular complexity index is 371. The molecule has 1 aliphatic heterocycles. The highest BCUT2D eigenvalue weighted by molar-refractivity contribution is 5.80. The summed E-state index contributed by atoms with van der Waals surface area (Å²) in [4.78, 5) is 14.7. The minimum Gasteiger partial charge on any atom is -0.479 e. The lowest BCUT2D eigenvalue weighted by molar-refractivity contribution is -0.150. The SMILES string of the molecule is O=C(O)[C@@]1(F)CNC[C@@H]1c1cccnc1. The Labute approximate surface area is 86.1 Å². The van der Waals surface area contributed by atoms with Crippen molar-refractivity contribution in [3.05, 3.63) is 30.1 Å². The van der Waals surface area contributed by atoms with E-state index in [0.29, 0.717) is 12.1 Å². The van der Waals surface area contributed by atoms with Crippen LogP contribution in [-0.4, -0.2) is 34.8 Å². The normalized spacial score (nSPS) is 30.3. The van der Waals surface area contributed by atoms with Crippen molar-refractivity contribution >= 4 is 5.97 Å². The molecule has 2 heterocycles. The molecular weight excluding hydrogens is 199 g/mol. The van der Waals surface area contributed by atoms with Crippen LogP contribution < -0.4 is 5.32 Å². The summed E-state index contributed by atoms with van der Waals surface area (Å²) < 4.78 is 14.1. The summed E-state index contributed by atoms with van der Waals surface area (Å²) in [5, 5.41) is 11.6. The maximum Gasteiger partial charge on any atom is 0.343 e. The Morgan fingerprint density at radius 3 is 3.13 bits per heavy atom. The largest absolute Gasteiger partial charge is 0.479 e. The Morgan fingerprint density at radius 2 is 2.53 bits per heavy atom. The molecule has 4 nitrogen and oxygen atoms in total. The van der Waals surface area contributed by atoms with E-state index in [1.807, 2.05) is 0 Å². The fraction of sp³-hybridized carbons (Fsp3) is 0.400. The first kappa shape index (κ1) is 10.0. The van der Waals surface area contributed by atoms with Crippen LogP contribution in [0.5, 0.6) is 0 Å². The number of pyridine rings is 1. The number of halogens is 1. The molecule has 0 amide bonds. The first-order chi connectivity index (χ1) is 7.14. The zero-order valence-corrected chi connectivity index (χ0v) is 7.98. The number of carboxylic acids is 1. The fourth-order valence-electron chi connectivity index (χ4n) is 1.87. The molecule has 0 bridgehead atoms. The molecule has 1 fully saturated rings. The van der Waals surface area contributed by atoms with Crippen LogP contribution in [0.2, 0.25) is 0 Å². The highest BCUT2D eigenvalue weighted by Gasteiger charge is 2.51. The van der Waals surface area contributed by atoms with Gasteiger partial charge in [0.1, 0.15) is 0 Å². The van der Waals surface area contributed by atoms with Gasteiger partial charge in [0.25, 0.3) is 0 Å². The maximum absolute atomic E-state index is 14.1. The van der Waals surface area contributed by atoms with E-state index in [-0.39, 0.29) is 6.54 Å². The Balaban J connectivity index is 2.34. The van der Waals surface area contributed by atoms with Crippen molar-refractivity contribution in [2.45, 2.75) is 11.6 Å². The van der Waals surface area contributed by atoms with E-state index in [2.05, 4.69) is 10.3 Å². The van der Waals surface area contributed by atoms with E-state index in [1.54, 1.807) is 18.3 Å². The number of aromatic nitrogens is 1. The molecule has 15 heavy (non-hydrogen) atoms. The molecule has 2 rings (SSSR count). The highest BCUT2D eigenvalue weighted by atomic mass is 19.1. The van der Waals surface area contributed by atoms with Crippen molar-refractivity contribution in [3.8, 4) is 0 Å². The standard InChI is InChI=1S/C10H11FN2O2/c11-10(9(14)15)6-13-5-8(10)7-2-1-3-12-4-7/h1-4,8,13H,5-6H2,(H,14,15)/t8-,10-/m1/s1. The van der Waals surface area contributed by atoms with Gasteiger partial charge in [0.05, 0.1) is 0 Å². The van der Waals surface area contributed by atoms with Gasteiger partial charge in [0.15, 0.2) is 0 Å². The van der Waals surface area contributed by atoms with Crippen molar-refractivity contribution in [1.82, 2.24) is 10.3 Å². The number of hydrogen-bond donors (Lipinski definition) is 2. The molecule has 2 atom stereocenters. The Morgan fingerprint density at radius 1 is 1.73 bits per heavy atom. The minimum absolute atomic E-state index is 0.151. The monoisotopic (exact) mass is 210 g/mol. The summed E-state index contributed by atoms with van der Waals surface area (Å²) >= 11 is 0. The Hall–Kier alpha value is -1.49. The molecule has 5 heteroatoms. The highest BCUT2D eigenvalue weighted by Crippen LogP contribution is 2.34. The molecule has 1 saturated heterocycles. The first-order valence-electron chi connectivity index (χ1n) is 4.67. The number of nitrogens with zero attached hydrogens (tertiary/aromatic N) is 1. The second-order valence-electron chi connectivity index (χ2n) is 3.64. The van der Waals surface area contributed by atoms with Crippen molar-refractivity contribution in [3.63, 3.8) is 0 Å². The average Bonchev–Trinajstić information content (AvgIpc) is 2.63. The molecule has 1 aromatic rings. The maximum atomic E-state index is 14.1. The van der Waals surface area contributed by atoms with Crippen molar-refractivity contribution in [2.75, 3.05) is 13.1 Å². The summed E-state index contributed by atoms with van der Waals surface area (Å²) in [6.45, 7) is 0.177. The third-order valence-corrected chi connectivity index (χ3v) is 2.73. The van der Waals surface area contributed by atoms with E-state index in [0.717, 1.165) is 0 Å². The number of aliphatic carboxylic acids is 1. The zero-order chi connectivity index (χ0) is 10.9. The lowest BCUT2D eigenvalue weighted by Crippen LogP contribution is -2.40. The average molecular weight is 210 g/mol. The van der Waals surface area contributed by atoms with Gasteiger partial charge in [0.2, 0.25) is 5.67 Å². The Kier molecular flexibility index (Phi) is 2.40. The van der Waals surface area contributed by atoms with E-state index < -0.39 is 17.6 Å². The summed E-state index contributed by atoms with van der Waals surface area (Å²) in [5.74, 6) is -2.08. The number of carboxylic acid groups (broad SMARTS) is 1. The van der Waals surface area contributed by atoms with Crippen molar-refractivity contribution in [1.29, 1.82) is 0 Å². The van der Waals surface area contributed by atoms with Crippen LogP contribution in [0.15, 0.2) is 24.5 Å². The van der Waals surface area contributed by atoms with Crippen LogP contribution in [-0.2, 0) is 4.79 Å². The zero-order valence-electron chi connectivity index (χ0n) is 7.98. The van der Waals surface area contributed by atoms with E-state index in [1.165, 1.54) is 6.20 Å². The van der Waals surface area contributed by atoms with Gasteiger partial charge in [-0.15, -0.1) is 0 Å². The second-order valence-corrected chi connectivity index (χ2v) is 3.64. The van der Waals surface area contributed by atoms with Gasteiger partial charge < -0.3 is 10.4 Å². The summed E-state index contributed by atoms with van der Waals surface area (Å²) in [5.41, 5.74) is -1.60. The first-order valence-corrected chi connectivity index (χ1v) is 4.67. The van der Waals surface area contributed by atoms with Gasteiger partial charge in [0, 0.05) is 31.4 Å². The van der Waals surface area contributed by atoms with E-state index in [4.69, 9.17) is 5.11 Å². The third kappa shape index (κ3) is 1.59. The molecule has 1 aromatic heterocycles. The number of alkyl halides is 1. The number of carbonyl (C=O) groups is 1. The summed E-state index contributed by atoms with van der Waals surface area (Å²) in [6, 6.07) is 3.37. The predicted molar refractivity (Wildman–Crippen MR) is 51.3 cm³/mol. The summed E-state index contributed by atoms with van der Waals surface area (Å²) in [7, 11) is 0. The second kappa shape index (κ2) is 3.58. The topological polar surface area (TPSA) is 62.2 Å². The van der Waals surface area contributed by atoms with Gasteiger partial charge in [-0.1, -0.05) is 6.07 Å². The van der Waals surface area contributed by atoms with Crippen LogP contribution in [0.25, 0.3) is 0 Å². The number of hydrogen-bond acceptors (Lipinski definition) is 3. The molecule has 0 spiro atoms. The smallest absolute Gasteiger partial charge is 0.343 e. The van der Waals surface area contributed by atoms with Crippen LogP contribution in [0.1, 0.15) is 11.5 Å². The molecule has 1 aliphatic rings. The van der Waals surface area contributed by atoms with Gasteiger partial charge in [-0.3, -0.25) is 4.98 Å². The fourth-order valence-corrected chi connectivity index (χ4v) is 1.87. The summed E-state index contributed by atoms with van der Waals surface area (Å²) in [6.07, 6.45) is 3.08. The van der Waals surface area contributed by atoms with Gasteiger partial charge in [-0.05, 0) is 11.6 Å². The molecule has 0 radical (unpaired) electrons. The molecule has 0 aliphatic carbocycles. The number of nitrogens with one attached hydrogen (secondary N) is 1. The van der Waals surface area contributed by atoms with Gasteiger partial charge >= 0.3 is 5.97 Å². The number of rotatable bonds is 2. The molecule has 2 N–H and O–H groups in total. The van der Waals surface area contributed by atoms with Crippen LogP contribution in [0.4, 0.5) is 4.39 Å². The lowest BCUT2D eigenvalue weighted by Gasteiger charge is -2.21. The molecular formula is C10H11FN2O2. The third-order valence-electron chi connectivity index (χ3n) is 2.73. The molecule has 0 unspecified atom stereocenters. The van der Waals surface area contributed by atoms with Gasteiger partial charge in [-0.25, -0.2) is 9.18 Å². The molecule has 80 valence electrons.